The number of carboxylic acid groups (broad SMARTS) is 1. The fraction of sp³-hybridized carbons (Fsp3) is 0.467. The Balaban J connectivity index is 2.58. The quantitative estimate of drug-likeness (QED) is 0.591. The molecule has 4 N–H and O–H groups in total. The van der Waals surface area contributed by atoms with Crippen molar-refractivity contribution in [2.24, 2.45) is 0 Å². The molecule has 0 aliphatic heterocycles. The first-order valence-electron chi connectivity index (χ1n) is 7.08. The zero-order chi connectivity index (χ0) is 15.7. The van der Waals surface area contributed by atoms with E-state index in [-0.39, 0.29) is 18.5 Å². The maximum Gasteiger partial charge on any atom is 0.319 e. The highest BCUT2D eigenvalue weighted by Gasteiger charge is 2.15. The second kappa shape index (κ2) is 8.97. The molecule has 21 heavy (non-hydrogen) atoms. The van der Waals surface area contributed by atoms with Crippen molar-refractivity contribution in [2.45, 2.75) is 38.8 Å². The number of hydrogen-bond donors (Lipinski definition) is 4. The van der Waals surface area contributed by atoms with Gasteiger partial charge in [-0.15, -0.1) is 0 Å². The number of anilines is 1. The zero-order valence-electron chi connectivity index (χ0n) is 12.5. The predicted octanol–water partition coefficient (Wildman–Crippen LogP) is 2.17. The van der Waals surface area contributed by atoms with E-state index in [0.717, 1.165) is 12.0 Å². The highest BCUT2D eigenvalue weighted by Crippen LogP contribution is 2.11. The lowest BCUT2D eigenvalue weighted by Crippen LogP contribution is -2.39. The fourth-order valence-corrected chi connectivity index (χ4v) is 2.10. The summed E-state index contributed by atoms with van der Waals surface area (Å²) in [4.78, 5) is 22.7. The zero-order valence-corrected chi connectivity index (χ0v) is 12.5. The average molecular weight is 293 g/mol. The number of aliphatic carboxylic acids is 1. The topological polar surface area (TPSA) is 90.5 Å². The third-order valence-corrected chi connectivity index (χ3v) is 2.96. The third-order valence-electron chi connectivity index (χ3n) is 2.96. The van der Waals surface area contributed by atoms with E-state index >= 15 is 0 Å². The summed E-state index contributed by atoms with van der Waals surface area (Å²) < 4.78 is 0. The van der Waals surface area contributed by atoms with Crippen molar-refractivity contribution in [3.63, 3.8) is 0 Å². The monoisotopic (exact) mass is 293 g/mol. The molecule has 1 atom stereocenters. The number of nitrogens with one attached hydrogen (secondary N) is 3. The van der Waals surface area contributed by atoms with E-state index in [0.29, 0.717) is 18.7 Å². The Hall–Kier alpha value is -2.08. The van der Waals surface area contributed by atoms with E-state index in [2.05, 4.69) is 16.0 Å². The number of carbonyl (C=O) groups excluding carboxylic acids is 1. The number of urea groups is 1. The smallest absolute Gasteiger partial charge is 0.319 e. The summed E-state index contributed by atoms with van der Waals surface area (Å²) in [6.07, 6.45) is 1.39. The summed E-state index contributed by atoms with van der Waals surface area (Å²) in [6, 6.07) is 6.77. The lowest BCUT2D eigenvalue weighted by molar-refractivity contribution is -0.137. The Labute approximate surface area is 124 Å². The molecule has 0 saturated heterocycles. The molecule has 1 aromatic rings. The minimum atomic E-state index is -0.912. The molecule has 6 heteroatoms. The van der Waals surface area contributed by atoms with Gasteiger partial charge in [0.05, 0.1) is 6.42 Å². The van der Waals surface area contributed by atoms with Crippen LogP contribution in [0, 0.1) is 0 Å². The van der Waals surface area contributed by atoms with Crippen molar-refractivity contribution < 1.29 is 14.7 Å². The van der Waals surface area contributed by atoms with Gasteiger partial charge in [0.25, 0.3) is 0 Å². The molecule has 2 amide bonds. The average Bonchev–Trinajstić information content (AvgIpc) is 2.38. The second-order valence-corrected chi connectivity index (χ2v) is 4.91. The van der Waals surface area contributed by atoms with Gasteiger partial charge in [0.1, 0.15) is 0 Å². The van der Waals surface area contributed by atoms with Crippen molar-refractivity contribution in [1.82, 2.24) is 10.6 Å². The molecule has 116 valence electrons. The molecule has 0 heterocycles. The van der Waals surface area contributed by atoms with Crippen molar-refractivity contribution in [3.8, 4) is 0 Å². The molecule has 1 unspecified atom stereocenters. The lowest BCUT2D eigenvalue weighted by atomic mass is 10.1. The molecule has 0 aliphatic rings. The Morgan fingerprint density at radius 2 is 2.10 bits per heavy atom. The largest absolute Gasteiger partial charge is 0.481 e. The first-order chi connectivity index (χ1) is 10.0. The van der Waals surface area contributed by atoms with Crippen LogP contribution in [0.25, 0.3) is 0 Å². The molecule has 0 aromatic heterocycles. The van der Waals surface area contributed by atoms with Gasteiger partial charge in [-0.25, -0.2) is 4.79 Å². The van der Waals surface area contributed by atoms with Gasteiger partial charge < -0.3 is 21.1 Å². The molecule has 0 radical (unpaired) electrons. The van der Waals surface area contributed by atoms with E-state index in [1.54, 1.807) is 6.07 Å². The van der Waals surface area contributed by atoms with Crippen LogP contribution in [0.3, 0.4) is 0 Å². The van der Waals surface area contributed by atoms with Crippen molar-refractivity contribution >= 4 is 17.7 Å². The minimum absolute atomic E-state index is 0.0684. The number of amides is 2. The molecule has 1 rings (SSSR count). The Morgan fingerprint density at radius 1 is 1.33 bits per heavy atom. The van der Waals surface area contributed by atoms with Gasteiger partial charge >= 0.3 is 12.0 Å². The van der Waals surface area contributed by atoms with E-state index in [4.69, 9.17) is 5.11 Å². The highest BCUT2D eigenvalue weighted by molar-refractivity contribution is 5.89. The number of benzene rings is 1. The van der Waals surface area contributed by atoms with Crippen LogP contribution in [0.2, 0.25) is 0 Å². The maximum absolute atomic E-state index is 11.9. The number of hydrogen-bond acceptors (Lipinski definition) is 3. The molecule has 6 nitrogen and oxygen atoms in total. The molecule has 0 saturated carbocycles. The fourth-order valence-electron chi connectivity index (χ4n) is 2.10. The lowest BCUT2D eigenvalue weighted by Gasteiger charge is -2.17. The maximum atomic E-state index is 11.9. The van der Waals surface area contributed by atoms with Gasteiger partial charge in [0, 0.05) is 18.3 Å². The normalized spacial score (nSPS) is 11.7. The molecule has 0 spiro atoms. The summed E-state index contributed by atoms with van der Waals surface area (Å²) in [5.41, 5.74) is 1.75. The van der Waals surface area contributed by atoms with Gasteiger partial charge in [0.15, 0.2) is 0 Å². The summed E-state index contributed by atoms with van der Waals surface area (Å²) in [5.74, 6) is -0.912. The van der Waals surface area contributed by atoms with Crippen LogP contribution in [0.15, 0.2) is 24.3 Å². The summed E-state index contributed by atoms with van der Waals surface area (Å²) >= 11 is 0. The number of carboxylic acids is 1. The molecule has 0 aliphatic carbocycles. The molecular weight excluding hydrogens is 270 g/mol. The van der Waals surface area contributed by atoms with Crippen LogP contribution in [0.5, 0.6) is 0 Å². The van der Waals surface area contributed by atoms with Crippen molar-refractivity contribution in [1.29, 1.82) is 0 Å². The second-order valence-electron chi connectivity index (χ2n) is 4.91. The number of rotatable bonds is 8. The highest BCUT2D eigenvalue weighted by atomic mass is 16.4. The van der Waals surface area contributed by atoms with Gasteiger partial charge in [-0.05, 0) is 31.2 Å². The van der Waals surface area contributed by atoms with Crippen LogP contribution in [0.4, 0.5) is 10.5 Å². The molecule has 0 bridgehead atoms. The third kappa shape index (κ3) is 6.76. The summed E-state index contributed by atoms with van der Waals surface area (Å²) in [6.45, 7) is 2.67. The standard InChI is InChI=1S/C15H23N3O3/c1-3-5-12(9-14(19)20)17-15(21)18-13-7-4-6-11(8-13)10-16-2/h4,6-8,12,16H,3,5,9-10H2,1-2H3,(H,19,20)(H2,17,18,21). The first kappa shape index (κ1) is 17.0. The van der Waals surface area contributed by atoms with Crippen LogP contribution >= 0.6 is 0 Å². The molecule has 1 aromatic carbocycles. The van der Waals surface area contributed by atoms with Crippen LogP contribution in [-0.4, -0.2) is 30.2 Å². The van der Waals surface area contributed by atoms with E-state index < -0.39 is 5.97 Å². The van der Waals surface area contributed by atoms with Gasteiger partial charge in [-0.1, -0.05) is 25.5 Å². The SMILES string of the molecule is CCCC(CC(=O)O)NC(=O)Nc1cccc(CNC)c1. The molecule has 0 fully saturated rings. The minimum Gasteiger partial charge on any atom is -0.481 e. The predicted molar refractivity (Wildman–Crippen MR) is 82.3 cm³/mol. The van der Waals surface area contributed by atoms with Crippen LogP contribution < -0.4 is 16.0 Å². The van der Waals surface area contributed by atoms with Crippen LogP contribution in [-0.2, 0) is 11.3 Å². The number of carbonyl (C=O) groups is 2. The van der Waals surface area contributed by atoms with Gasteiger partial charge in [-0.2, -0.15) is 0 Å². The molecular formula is C15H23N3O3. The van der Waals surface area contributed by atoms with Crippen LogP contribution in [0.1, 0.15) is 31.7 Å². The summed E-state index contributed by atoms with van der Waals surface area (Å²) in [5, 5.41) is 17.3. The first-order valence-corrected chi connectivity index (χ1v) is 7.08. The Morgan fingerprint density at radius 3 is 2.71 bits per heavy atom. The van der Waals surface area contributed by atoms with Gasteiger partial charge in [-0.3, -0.25) is 4.79 Å². The Bertz CT molecular complexity index is 477. The van der Waals surface area contributed by atoms with E-state index in [9.17, 15) is 9.59 Å². The Kier molecular flexibility index (Phi) is 7.25. The van der Waals surface area contributed by atoms with E-state index in [1.165, 1.54) is 0 Å². The van der Waals surface area contributed by atoms with Crippen molar-refractivity contribution in [3.05, 3.63) is 29.8 Å². The van der Waals surface area contributed by atoms with E-state index in [1.807, 2.05) is 32.2 Å². The van der Waals surface area contributed by atoms with Gasteiger partial charge in [0.2, 0.25) is 0 Å². The summed E-state index contributed by atoms with van der Waals surface area (Å²) in [7, 11) is 1.86. The van der Waals surface area contributed by atoms with Crippen molar-refractivity contribution in [2.75, 3.05) is 12.4 Å².